The lowest BCUT2D eigenvalue weighted by Crippen LogP contribution is -2.59. The molecule has 6 atom stereocenters. The third kappa shape index (κ3) is 2.26. The smallest absolute Gasteiger partial charge is 0.155 e. The van der Waals surface area contributed by atoms with E-state index >= 15 is 0 Å². The van der Waals surface area contributed by atoms with Crippen molar-refractivity contribution in [2.45, 2.75) is 73.4 Å². The van der Waals surface area contributed by atoms with Gasteiger partial charge in [-0.3, -0.25) is 0 Å². The third-order valence-electron chi connectivity index (χ3n) is 5.91. The second-order valence-corrected chi connectivity index (χ2v) is 10.9. The zero-order chi connectivity index (χ0) is 14.8. The van der Waals surface area contributed by atoms with Crippen LogP contribution in [0.5, 0.6) is 0 Å². The maximum Gasteiger partial charge on any atom is 0.155 e. The van der Waals surface area contributed by atoms with E-state index in [-0.39, 0.29) is 11.5 Å². The van der Waals surface area contributed by atoms with Crippen molar-refractivity contribution in [1.82, 2.24) is 0 Å². The van der Waals surface area contributed by atoms with E-state index in [4.69, 9.17) is 0 Å². The van der Waals surface area contributed by atoms with Crippen molar-refractivity contribution >= 4 is 10.9 Å². The predicted molar refractivity (Wildman–Crippen MR) is 89.8 cm³/mol. The summed E-state index contributed by atoms with van der Waals surface area (Å²) in [6, 6.07) is 9.36. The summed E-state index contributed by atoms with van der Waals surface area (Å²) in [4.78, 5) is 1.51. The molecule has 2 aliphatic carbocycles. The highest BCUT2D eigenvalue weighted by molar-refractivity contribution is 7.98. The van der Waals surface area contributed by atoms with E-state index in [1.54, 1.807) is 0 Å². The Morgan fingerprint density at radius 2 is 1.71 bits per heavy atom. The van der Waals surface area contributed by atoms with Crippen LogP contribution in [0, 0.1) is 11.8 Å². The molecule has 114 valence electrons. The van der Waals surface area contributed by atoms with Gasteiger partial charge in [-0.15, -0.1) is 0 Å². The minimum atomic E-state index is -0.0246. The fourth-order valence-corrected chi connectivity index (χ4v) is 8.47. The van der Waals surface area contributed by atoms with E-state index in [0.29, 0.717) is 22.1 Å². The molecule has 1 N–H and O–H groups in total. The normalized spacial score (nSPS) is 41.5. The number of rotatable bonds is 1. The number of hydrogen-bond acceptors (Lipinski definition) is 1. The van der Waals surface area contributed by atoms with Crippen molar-refractivity contribution in [3.05, 3.63) is 29.8 Å². The molecule has 4 fully saturated rings. The van der Waals surface area contributed by atoms with E-state index in [0.717, 1.165) is 11.2 Å². The lowest BCUT2D eigenvalue weighted by Gasteiger charge is -2.50. The Morgan fingerprint density at radius 1 is 1.00 bits per heavy atom. The van der Waals surface area contributed by atoms with Gasteiger partial charge in [-0.1, -0.05) is 32.9 Å². The number of aliphatic hydroxyl groups is 1. The fourth-order valence-electron chi connectivity index (χ4n) is 4.86. The number of aliphatic hydroxyl groups excluding tert-OH is 1. The first-order valence-corrected chi connectivity index (χ1v) is 9.79. The molecule has 5 rings (SSSR count). The van der Waals surface area contributed by atoms with Crippen molar-refractivity contribution in [3.8, 4) is 0 Å². The average molecular weight is 303 g/mol. The number of hydrogen-bond donors (Lipinski definition) is 1. The molecule has 1 nitrogen and oxygen atoms in total. The summed E-state index contributed by atoms with van der Waals surface area (Å²) in [6.45, 7) is 6.82. The van der Waals surface area contributed by atoms with E-state index < -0.39 is 0 Å². The van der Waals surface area contributed by atoms with E-state index in [1.165, 1.54) is 36.1 Å². The van der Waals surface area contributed by atoms with Gasteiger partial charge < -0.3 is 5.11 Å². The third-order valence-corrected chi connectivity index (χ3v) is 8.95. The molecule has 2 aliphatic heterocycles. The molecule has 0 spiro atoms. The van der Waals surface area contributed by atoms with Gasteiger partial charge >= 0.3 is 0 Å². The molecule has 2 heterocycles. The molecule has 2 saturated carbocycles. The van der Waals surface area contributed by atoms with Gasteiger partial charge in [0, 0.05) is 23.7 Å². The maximum absolute atomic E-state index is 10.6. The highest BCUT2D eigenvalue weighted by atomic mass is 32.2. The van der Waals surface area contributed by atoms with Crippen molar-refractivity contribution in [3.63, 3.8) is 0 Å². The van der Waals surface area contributed by atoms with Crippen LogP contribution in [-0.4, -0.2) is 21.7 Å². The molecule has 0 amide bonds. The molecule has 0 aromatic heterocycles. The topological polar surface area (TPSA) is 20.2 Å². The van der Waals surface area contributed by atoms with Crippen molar-refractivity contribution in [2.24, 2.45) is 11.8 Å². The van der Waals surface area contributed by atoms with Crippen LogP contribution in [0.2, 0.25) is 0 Å². The quantitative estimate of drug-likeness (QED) is 0.780. The average Bonchev–Trinajstić information content (AvgIpc) is 2.43. The maximum atomic E-state index is 10.6. The second kappa shape index (κ2) is 4.76. The second-order valence-electron chi connectivity index (χ2n) is 8.37. The van der Waals surface area contributed by atoms with Crippen LogP contribution < -0.4 is 0 Å². The van der Waals surface area contributed by atoms with Gasteiger partial charge in [0.2, 0.25) is 0 Å². The van der Waals surface area contributed by atoms with Crippen LogP contribution in [0.25, 0.3) is 0 Å². The first-order valence-electron chi connectivity index (χ1n) is 8.44. The van der Waals surface area contributed by atoms with E-state index in [2.05, 4.69) is 45.0 Å². The zero-order valence-corrected chi connectivity index (χ0v) is 14.2. The molecule has 6 unspecified atom stereocenters. The summed E-state index contributed by atoms with van der Waals surface area (Å²) in [6.07, 6.45) is 5.25. The lowest BCUT2D eigenvalue weighted by molar-refractivity contribution is 0.0179. The Bertz CT molecular complexity index is 529. The van der Waals surface area contributed by atoms with Gasteiger partial charge in [0.25, 0.3) is 0 Å². The molecule has 2 heteroatoms. The zero-order valence-electron chi connectivity index (χ0n) is 13.4. The molecular formula is C19H27OS+. The summed E-state index contributed by atoms with van der Waals surface area (Å²) < 4.78 is 0. The van der Waals surface area contributed by atoms with Crippen molar-refractivity contribution in [2.75, 3.05) is 0 Å². The van der Waals surface area contributed by atoms with Crippen LogP contribution >= 0.6 is 0 Å². The van der Waals surface area contributed by atoms with Crippen LogP contribution in [-0.2, 0) is 16.3 Å². The largest absolute Gasteiger partial charge is 0.388 e. The molecule has 4 aliphatic rings. The minimum absolute atomic E-state index is 0.0246. The summed E-state index contributed by atoms with van der Waals surface area (Å²) in [7, 11) is 0.291. The van der Waals surface area contributed by atoms with Crippen LogP contribution in [0.3, 0.4) is 0 Å². The summed E-state index contributed by atoms with van der Waals surface area (Å²) >= 11 is 0. The van der Waals surface area contributed by atoms with Gasteiger partial charge in [0.1, 0.15) is 16.6 Å². The Kier molecular flexibility index (Phi) is 3.21. The lowest BCUT2D eigenvalue weighted by atomic mass is 9.70. The molecular weight excluding hydrogens is 276 g/mol. The monoisotopic (exact) mass is 303 g/mol. The molecule has 4 bridgehead atoms. The number of benzene rings is 1. The molecule has 1 aromatic rings. The van der Waals surface area contributed by atoms with E-state index in [1.807, 2.05) is 0 Å². The summed E-state index contributed by atoms with van der Waals surface area (Å²) in [5, 5.41) is 12.1. The fraction of sp³-hybridized carbons (Fsp3) is 0.684. The predicted octanol–water partition coefficient (Wildman–Crippen LogP) is 3.89. The van der Waals surface area contributed by atoms with Gasteiger partial charge in [-0.25, -0.2) is 0 Å². The van der Waals surface area contributed by atoms with Gasteiger partial charge in [-0.05, 0) is 47.8 Å². The SMILES string of the molecule is CC(C)(C)c1ccc([S+]2C3CC4CC(C3)C(O)C2C4)cc1. The van der Waals surface area contributed by atoms with Crippen LogP contribution in [0.1, 0.15) is 52.0 Å². The standard InChI is InChI=1S/C19H27OS/c1-19(2,3)14-4-6-15(7-5-14)21-16-9-12-8-13(11-16)18(20)17(21)10-12/h4-7,12-13,16-18,20H,8-11H2,1-3H3/q+1. The molecule has 21 heavy (non-hydrogen) atoms. The Balaban J connectivity index is 1.64. The minimum Gasteiger partial charge on any atom is -0.388 e. The Hall–Kier alpha value is -0.470. The van der Waals surface area contributed by atoms with Gasteiger partial charge in [0.05, 0.1) is 0 Å². The van der Waals surface area contributed by atoms with Gasteiger partial charge in [-0.2, -0.15) is 0 Å². The van der Waals surface area contributed by atoms with E-state index in [9.17, 15) is 5.11 Å². The van der Waals surface area contributed by atoms with Crippen molar-refractivity contribution in [1.29, 1.82) is 0 Å². The highest BCUT2D eigenvalue weighted by Crippen LogP contribution is 2.53. The van der Waals surface area contributed by atoms with Gasteiger partial charge in [0.15, 0.2) is 4.90 Å². The Morgan fingerprint density at radius 3 is 2.38 bits per heavy atom. The van der Waals surface area contributed by atoms with Crippen molar-refractivity contribution < 1.29 is 5.11 Å². The summed E-state index contributed by atoms with van der Waals surface area (Å²) in [5.41, 5.74) is 1.64. The van der Waals surface area contributed by atoms with Crippen LogP contribution in [0.15, 0.2) is 29.2 Å². The molecule has 2 saturated heterocycles. The Labute approximate surface area is 131 Å². The van der Waals surface area contributed by atoms with Crippen LogP contribution in [0.4, 0.5) is 0 Å². The molecule has 0 radical (unpaired) electrons. The first kappa shape index (κ1) is 14.1. The highest BCUT2D eigenvalue weighted by Gasteiger charge is 2.60. The summed E-state index contributed by atoms with van der Waals surface area (Å²) in [5.74, 6) is 1.53. The first-order chi connectivity index (χ1) is 9.93. The molecule has 1 aromatic carbocycles.